The zero-order chi connectivity index (χ0) is 13.8. The molecule has 3 rings (SSSR count). The molecule has 5 heteroatoms. The molecule has 0 amide bonds. The van der Waals surface area contributed by atoms with Gasteiger partial charge < -0.3 is 10.4 Å². The van der Waals surface area contributed by atoms with Crippen LogP contribution < -0.4 is 5.32 Å². The summed E-state index contributed by atoms with van der Waals surface area (Å²) in [5, 5.41) is 12.4. The number of nitrogens with zero attached hydrogens (tertiary/aromatic N) is 3. The van der Waals surface area contributed by atoms with Crippen molar-refractivity contribution in [3.63, 3.8) is 0 Å². The molecular formula is C15H12N4O. The van der Waals surface area contributed by atoms with E-state index in [4.69, 9.17) is 0 Å². The first kappa shape index (κ1) is 12.1. The number of phenols is 1. The van der Waals surface area contributed by atoms with Crippen molar-refractivity contribution in [1.82, 2.24) is 15.0 Å². The Kier molecular flexibility index (Phi) is 3.24. The van der Waals surface area contributed by atoms with Gasteiger partial charge in [0.25, 0.3) is 0 Å². The van der Waals surface area contributed by atoms with Crippen LogP contribution in [0.15, 0.2) is 61.2 Å². The normalized spacial score (nSPS) is 10.2. The van der Waals surface area contributed by atoms with Crippen molar-refractivity contribution < 1.29 is 5.11 Å². The molecule has 0 radical (unpaired) electrons. The number of benzene rings is 1. The van der Waals surface area contributed by atoms with Gasteiger partial charge >= 0.3 is 0 Å². The van der Waals surface area contributed by atoms with Crippen molar-refractivity contribution in [1.29, 1.82) is 0 Å². The average molecular weight is 264 g/mol. The number of pyridine rings is 1. The molecule has 3 aromatic rings. The van der Waals surface area contributed by atoms with Crippen molar-refractivity contribution in [3.05, 3.63) is 61.2 Å². The van der Waals surface area contributed by atoms with E-state index in [0.717, 1.165) is 16.9 Å². The molecule has 98 valence electrons. The van der Waals surface area contributed by atoms with Crippen LogP contribution in [0.5, 0.6) is 5.75 Å². The summed E-state index contributed by atoms with van der Waals surface area (Å²) in [6, 6.07) is 12.5. The SMILES string of the molecule is Oc1ccc(Nc2cc(-c3cccnc3)ncn2)cc1. The highest BCUT2D eigenvalue weighted by Gasteiger charge is 2.02. The van der Waals surface area contributed by atoms with Crippen LogP contribution in [-0.4, -0.2) is 20.1 Å². The van der Waals surface area contributed by atoms with Crippen molar-refractivity contribution >= 4 is 11.5 Å². The number of rotatable bonds is 3. The maximum atomic E-state index is 9.26. The molecule has 2 N–H and O–H groups in total. The molecule has 2 aromatic heterocycles. The second-order valence-electron chi connectivity index (χ2n) is 4.20. The molecule has 0 spiro atoms. The highest BCUT2D eigenvalue weighted by molar-refractivity contribution is 5.64. The van der Waals surface area contributed by atoms with Crippen LogP contribution in [0.25, 0.3) is 11.3 Å². The van der Waals surface area contributed by atoms with E-state index < -0.39 is 0 Å². The van der Waals surface area contributed by atoms with Gasteiger partial charge in [-0.25, -0.2) is 9.97 Å². The quantitative estimate of drug-likeness (QED) is 0.711. The molecule has 0 aliphatic rings. The highest BCUT2D eigenvalue weighted by Crippen LogP contribution is 2.21. The van der Waals surface area contributed by atoms with E-state index in [1.165, 1.54) is 6.33 Å². The van der Waals surface area contributed by atoms with Gasteiger partial charge in [0, 0.05) is 29.7 Å². The summed E-state index contributed by atoms with van der Waals surface area (Å²) in [5.41, 5.74) is 2.58. The predicted molar refractivity (Wildman–Crippen MR) is 76.7 cm³/mol. The molecule has 0 unspecified atom stereocenters. The minimum absolute atomic E-state index is 0.231. The molecule has 0 bridgehead atoms. The summed E-state index contributed by atoms with van der Waals surface area (Å²) in [5.74, 6) is 0.916. The second-order valence-corrected chi connectivity index (χ2v) is 4.20. The van der Waals surface area contributed by atoms with E-state index in [0.29, 0.717) is 5.82 Å². The third kappa shape index (κ3) is 2.72. The number of hydrogen-bond acceptors (Lipinski definition) is 5. The van der Waals surface area contributed by atoms with Crippen molar-refractivity contribution in [3.8, 4) is 17.0 Å². The lowest BCUT2D eigenvalue weighted by molar-refractivity contribution is 0.475. The Morgan fingerprint density at radius 1 is 1.00 bits per heavy atom. The first-order valence-electron chi connectivity index (χ1n) is 6.10. The zero-order valence-electron chi connectivity index (χ0n) is 10.6. The van der Waals surface area contributed by atoms with Crippen LogP contribution in [0.4, 0.5) is 11.5 Å². The van der Waals surface area contributed by atoms with Crippen LogP contribution >= 0.6 is 0 Å². The summed E-state index contributed by atoms with van der Waals surface area (Å²) in [6.45, 7) is 0. The predicted octanol–water partition coefficient (Wildman–Crippen LogP) is 2.99. The van der Waals surface area contributed by atoms with E-state index in [1.807, 2.05) is 18.2 Å². The topological polar surface area (TPSA) is 70.9 Å². The van der Waals surface area contributed by atoms with Gasteiger partial charge in [-0.3, -0.25) is 4.98 Å². The fourth-order valence-electron chi connectivity index (χ4n) is 1.79. The van der Waals surface area contributed by atoms with Gasteiger partial charge in [-0.05, 0) is 36.4 Å². The number of aromatic nitrogens is 3. The van der Waals surface area contributed by atoms with Gasteiger partial charge in [-0.2, -0.15) is 0 Å². The maximum Gasteiger partial charge on any atom is 0.134 e. The smallest absolute Gasteiger partial charge is 0.134 e. The molecular weight excluding hydrogens is 252 g/mol. The summed E-state index contributed by atoms with van der Waals surface area (Å²) in [6.07, 6.45) is 4.98. The number of aromatic hydroxyl groups is 1. The van der Waals surface area contributed by atoms with Gasteiger partial charge in [0.1, 0.15) is 17.9 Å². The molecule has 2 heterocycles. The average Bonchev–Trinajstić information content (AvgIpc) is 2.51. The Morgan fingerprint density at radius 2 is 1.85 bits per heavy atom. The second kappa shape index (κ2) is 5.36. The van der Waals surface area contributed by atoms with Gasteiger partial charge in [0.2, 0.25) is 0 Å². The lowest BCUT2D eigenvalue weighted by atomic mass is 10.2. The molecule has 0 aliphatic heterocycles. The fourth-order valence-corrected chi connectivity index (χ4v) is 1.79. The fraction of sp³-hybridized carbons (Fsp3) is 0. The summed E-state index contributed by atoms with van der Waals surface area (Å²) in [4.78, 5) is 12.5. The van der Waals surface area contributed by atoms with Crippen LogP contribution in [-0.2, 0) is 0 Å². The molecule has 5 nitrogen and oxygen atoms in total. The summed E-state index contributed by atoms with van der Waals surface area (Å²) >= 11 is 0. The number of nitrogens with one attached hydrogen (secondary N) is 1. The molecule has 0 atom stereocenters. The Bertz CT molecular complexity index is 699. The summed E-state index contributed by atoms with van der Waals surface area (Å²) in [7, 11) is 0. The number of phenolic OH excluding ortho intramolecular Hbond substituents is 1. The van der Waals surface area contributed by atoms with E-state index in [1.54, 1.807) is 36.7 Å². The van der Waals surface area contributed by atoms with Crippen LogP contribution in [0.1, 0.15) is 0 Å². The third-order valence-corrected chi connectivity index (χ3v) is 2.76. The zero-order valence-corrected chi connectivity index (χ0v) is 10.6. The lowest BCUT2D eigenvalue weighted by Crippen LogP contribution is -1.95. The monoisotopic (exact) mass is 264 g/mol. The minimum atomic E-state index is 0.231. The standard InChI is InChI=1S/C15H12N4O/c20-13-5-3-12(4-6-13)19-15-8-14(17-10-18-15)11-2-1-7-16-9-11/h1-10,20H,(H,17,18,19). The molecule has 0 saturated carbocycles. The largest absolute Gasteiger partial charge is 0.508 e. The molecule has 1 aromatic carbocycles. The van der Waals surface area contributed by atoms with Crippen LogP contribution in [0.3, 0.4) is 0 Å². The first-order valence-corrected chi connectivity index (χ1v) is 6.10. The third-order valence-electron chi connectivity index (χ3n) is 2.76. The maximum absolute atomic E-state index is 9.26. The Hall–Kier alpha value is -2.95. The van der Waals surface area contributed by atoms with E-state index in [-0.39, 0.29) is 5.75 Å². The van der Waals surface area contributed by atoms with Crippen molar-refractivity contribution in [2.75, 3.05) is 5.32 Å². The lowest BCUT2D eigenvalue weighted by Gasteiger charge is -2.07. The van der Waals surface area contributed by atoms with Gasteiger partial charge in [0.05, 0.1) is 5.69 Å². The Morgan fingerprint density at radius 3 is 2.60 bits per heavy atom. The molecule has 20 heavy (non-hydrogen) atoms. The van der Waals surface area contributed by atoms with Crippen molar-refractivity contribution in [2.45, 2.75) is 0 Å². The van der Waals surface area contributed by atoms with Crippen molar-refractivity contribution in [2.24, 2.45) is 0 Å². The minimum Gasteiger partial charge on any atom is -0.508 e. The van der Waals surface area contributed by atoms with Crippen LogP contribution in [0.2, 0.25) is 0 Å². The van der Waals surface area contributed by atoms with E-state index >= 15 is 0 Å². The van der Waals surface area contributed by atoms with Gasteiger partial charge in [0.15, 0.2) is 0 Å². The Labute approximate surface area is 116 Å². The summed E-state index contributed by atoms with van der Waals surface area (Å²) < 4.78 is 0. The number of hydrogen-bond donors (Lipinski definition) is 2. The molecule has 0 aliphatic carbocycles. The first-order chi connectivity index (χ1) is 9.81. The number of anilines is 2. The van der Waals surface area contributed by atoms with Gasteiger partial charge in [-0.15, -0.1) is 0 Å². The van der Waals surface area contributed by atoms with E-state index in [9.17, 15) is 5.11 Å². The van der Waals surface area contributed by atoms with Gasteiger partial charge in [-0.1, -0.05) is 0 Å². The molecule has 0 saturated heterocycles. The highest BCUT2D eigenvalue weighted by atomic mass is 16.3. The van der Waals surface area contributed by atoms with E-state index in [2.05, 4.69) is 20.3 Å². The van der Waals surface area contributed by atoms with Crippen LogP contribution in [0, 0.1) is 0 Å². The molecule has 0 fully saturated rings. The Balaban J connectivity index is 1.86.